The average Bonchev–Trinajstić information content (AvgIpc) is 2.34. The Morgan fingerprint density at radius 3 is 1.21 bits per heavy atom. The Hall–Kier alpha value is -0.0400. The molecule has 2 unspecified atom stereocenters. The van der Waals surface area contributed by atoms with E-state index in [1.807, 2.05) is 0 Å². The van der Waals surface area contributed by atoms with Gasteiger partial charge in [-0.3, -0.25) is 0 Å². The minimum absolute atomic E-state index is 0.0857. The molecule has 0 aromatic rings. The minimum Gasteiger partial charge on any atom is -0.369 e. The van der Waals surface area contributed by atoms with Crippen molar-refractivity contribution >= 4 is 0 Å². The van der Waals surface area contributed by atoms with Crippen LogP contribution in [0.3, 0.4) is 0 Å². The molecule has 0 aliphatic rings. The maximum atomic E-state index is 6.71. The highest BCUT2D eigenvalue weighted by Gasteiger charge is 2.34. The van der Waals surface area contributed by atoms with E-state index in [-0.39, 0.29) is 11.2 Å². The van der Waals surface area contributed by atoms with Gasteiger partial charge in [-0.2, -0.15) is 0 Å². The smallest absolute Gasteiger partial charge is 0.0661 e. The molecule has 1 nitrogen and oxygen atoms in total. The highest BCUT2D eigenvalue weighted by Crippen LogP contribution is 2.35. The predicted octanol–water partition coefficient (Wildman–Crippen LogP) is 6.50. The van der Waals surface area contributed by atoms with E-state index in [4.69, 9.17) is 4.74 Å². The summed E-state index contributed by atoms with van der Waals surface area (Å²) in [6.45, 7) is 13.8. The van der Waals surface area contributed by atoms with Crippen LogP contribution in [0.4, 0.5) is 0 Å². The lowest BCUT2D eigenvalue weighted by atomic mass is 9.88. The number of rotatable bonds is 12. The van der Waals surface area contributed by atoms with Crippen LogP contribution in [-0.4, -0.2) is 11.2 Å². The van der Waals surface area contributed by atoms with Gasteiger partial charge in [0, 0.05) is 0 Å². The normalized spacial score (nSPS) is 18.0. The first kappa shape index (κ1) is 19.0. The summed E-state index contributed by atoms with van der Waals surface area (Å²) in [5, 5.41) is 0. The Balaban J connectivity index is 4.70. The Labute approximate surface area is 122 Å². The molecule has 116 valence electrons. The summed E-state index contributed by atoms with van der Waals surface area (Å²) in [4.78, 5) is 0. The van der Waals surface area contributed by atoms with Crippen LogP contribution in [0, 0.1) is 0 Å². The standard InChI is InChI=1S/C18H38O/c1-7-11-15-17(5,13-9-3)19-18(6,14-10-4)16-12-8-2/h7-16H2,1-6H3. The summed E-state index contributed by atoms with van der Waals surface area (Å²) in [6, 6.07) is 0. The van der Waals surface area contributed by atoms with Gasteiger partial charge in [-0.1, -0.05) is 66.2 Å². The third kappa shape index (κ3) is 7.97. The Kier molecular flexibility index (Phi) is 9.78. The monoisotopic (exact) mass is 270 g/mol. The zero-order chi connectivity index (χ0) is 14.8. The van der Waals surface area contributed by atoms with E-state index < -0.39 is 0 Å². The average molecular weight is 271 g/mol. The van der Waals surface area contributed by atoms with E-state index in [1.165, 1.54) is 64.2 Å². The first-order chi connectivity index (χ1) is 8.95. The fourth-order valence-corrected chi connectivity index (χ4v) is 3.21. The van der Waals surface area contributed by atoms with E-state index >= 15 is 0 Å². The van der Waals surface area contributed by atoms with Gasteiger partial charge < -0.3 is 4.74 Å². The minimum atomic E-state index is 0.0857. The van der Waals surface area contributed by atoms with E-state index in [0.29, 0.717) is 0 Å². The molecule has 0 aromatic carbocycles. The van der Waals surface area contributed by atoms with Gasteiger partial charge in [0.2, 0.25) is 0 Å². The first-order valence-electron chi connectivity index (χ1n) is 8.65. The lowest BCUT2D eigenvalue weighted by molar-refractivity contribution is -0.156. The van der Waals surface area contributed by atoms with Crippen molar-refractivity contribution in [1.82, 2.24) is 0 Å². The molecule has 1 heteroatoms. The van der Waals surface area contributed by atoms with Crippen LogP contribution in [0.2, 0.25) is 0 Å². The number of ether oxygens (including phenoxy) is 1. The molecule has 0 aromatic heterocycles. The maximum absolute atomic E-state index is 6.71. The summed E-state index contributed by atoms with van der Waals surface area (Å²) in [7, 11) is 0. The second-order valence-electron chi connectivity index (χ2n) is 6.71. The van der Waals surface area contributed by atoms with Crippen molar-refractivity contribution in [2.45, 2.75) is 117 Å². The van der Waals surface area contributed by atoms with Crippen LogP contribution in [-0.2, 0) is 4.74 Å². The molecule has 0 amide bonds. The summed E-state index contributed by atoms with van der Waals surface area (Å²) < 4.78 is 6.71. The SMILES string of the molecule is CCCCC(C)(CCC)OC(C)(CCC)CCCC. The molecule has 0 spiro atoms. The highest BCUT2D eigenvalue weighted by molar-refractivity contribution is 4.83. The van der Waals surface area contributed by atoms with Crippen molar-refractivity contribution in [3.05, 3.63) is 0 Å². The van der Waals surface area contributed by atoms with Crippen LogP contribution < -0.4 is 0 Å². The summed E-state index contributed by atoms with van der Waals surface area (Å²) in [5.41, 5.74) is 0.171. The largest absolute Gasteiger partial charge is 0.369 e. The zero-order valence-corrected chi connectivity index (χ0v) is 14.5. The van der Waals surface area contributed by atoms with Gasteiger partial charge in [-0.05, 0) is 39.5 Å². The number of unbranched alkanes of at least 4 members (excludes halogenated alkanes) is 2. The molecule has 0 bridgehead atoms. The van der Waals surface area contributed by atoms with Crippen molar-refractivity contribution in [2.75, 3.05) is 0 Å². The lowest BCUT2D eigenvalue weighted by Crippen LogP contribution is -2.41. The van der Waals surface area contributed by atoms with E-state index in [2.05, 4.69) is 41.5 Å². The molecular weight excluding hydrogens is 232 g/mol. The van der Waals surface area contributed by atoms with Crippen LogP contribution >= 0.6 is 0 Å². The second-order valence-corrected chi connectivity index (χ2v) is 6.71. The van der Waals surface area contributed by atoms with Crippen LogP contribution in [0.5, 0.6) is 0 Å². The maximum Gasteiger partial charge on any atom is 0.0661 e. The molecular formula is C18H38O. The highest BCUT2D eigenvalue weighted by atomic mass is 16.5. The molecule has 0 N–H and O–H groups in total. The molecule has 0 radical (unpaired) electrons. The summed E-state index contributed by atoms with van der Waals surface area (Å²) in [6.07, 6.45) is 12.3. The summed E-state index contributed by atoms with van der Waals surface area (Å²) >= 11 is 0. The molecule has 0 heterocycles. The lowest BCUT2D eigenvalue weighted by Gasteiger charge is -2.41. The van der Waals surface area contributed by atoms with Crippen LogP contribution in [0.25, 0.3) is 0 Å². The molecule has 0 saturated heterocycles. The second kappa shape index (κ2) is 9.80. The topological polar surface area (TPSA) is 9.23 Å². The molecule has 2 atom stereocenters. The zero-order valence-electron chi connectivity index (χ0n) is 14.5. The van der Waals surface area contributed by atoms with E-state index in [1.54, 1.807) is 0 Å². The molecule has 0 aliphatic heterocycles. The number of hydrogen-bond acceptors (Lipinski definition) is 1. The third-order valence-corrected chi connectivity index (χ3v) is 4.17. The van der Waals surface area contributed by atoms with Gasteiger partial charge in [0.15, 0.2) is 0 Å². The molecule has 0 saturated carbocycles. The molecule has 0 aliphatic carbocycles. The van der Waals surface area contributed by atoms with Gasteiger partial charge in [0.1, 0.15) is 0 Å². The van der Waals surface area contributed by atoms with E-state index in [9.17, 15) is 0 Å². The quantitative estimate of drug-likeness (QED) is 0.393. The fraction of sp³-hybridized carbons (Fsp3) is 1.00. The third-order valence-electron chi connectivity index (χ3n) is 4.17. The van der Waals surface area contributed by atoms with Crippen LogP contribution in [0.15, 0.2) is 0 Å². The molecule has 0 rings (SSSR count). The molecule has 19 heavy (non-hydrogen) atoms. The van der Waals surface area contributed by atoms with Gasteiger partial charge >= 0.3 is 0 Å². The van der Waals surface area contributed by atoms with Crippen molar-refractivity contribution in [3.8, 4) is 0 Å². The fourth-order valence-electron chi connectivity index (χ4n) is 3.21. The first-order valence-corrected chi connectivity index (χ1v) is 8.65. The summed E-state index contributed by atoms with van der Waals surface area (Å²) in [5.74, 6) is 0. The Morgan fingerprint density at radius 2 is 0.947 bits per heavy atom. The van der Waals surface area contributed by atoms with E-state index in [0.717, 1.165) is 0 Å². The van der Waals surface area contributed by atoms with Gasteiger partial charge in [0.05, 0.1) is 11.2 Å². The van der Waals surface area contributed by atoms with Gasteiger partial charge in [0.25, 0.3) is 0 Å². The molecule has 0 fully saturated rings. The van der Waals surface area contributed by atoms with Crippen molar-refractivity contribution in [2.24, 2.45) is 0 Å². The van der Waals surface area contributed by atoms with Crippen molar-refractivity contribution in [3.63, 3.8) is 0 Å². The van der Waals surface area contributed by atoms with Crippen molar-refractivity contribution < 1.29 is 4.74 Å². The van der Waals surface area contributed by atoms with Crippen LogP contribution in [0.1, 0.15) is 106 Å². The predicted molar refractivity (Wildman–Crippen MR) is 86.8 cm³/mol. The Morgan fingerprint density at radius 1 is 0.579 bits per heavy atom. The van der Waals surface area contributed by atoms with Crippen molar-refractivity contribution in [1.29, 1.82) is 0 Å². The number of hydrogen-bond donors (Lipinski definition) is 0. The Bertz CT molecular complexity index is 192. The van der Waals surface area contributed by atoms with Gasteiger partial charge in [-0.15, -0.1) is 0 Å². The van der Waals surface area contributed by atoms with Gasteiger partial charge in [-0.25, -0.2) is 0 Å².